The first-order chi connectivity index (χ1) is 8.19. The predicted octanol–water partition coefficient (Wildman–Crippen LogP) is 2.91. The first-order valence-corrected chi connectivity index (χ1v) is 6.43. The lowest BCUT2D eigenvalue weighted by Gasteiger charge is -2.23. The molecule has 94 valence electrons. The van der Waals surface area contributed by atoms with Gasteiger partial charge in [-0.3, -0.25) is 0 Å². The molecule has 1 aromatic rings. The summed E-state index contributed by atoms with van der Waals surface area (Å²) >= 11 is 0. The van der Waals surface area contributed by atoms with Gasteiger partial charge in [-0.2, -0.15) is 0 Å². The zero-order valence-corrected chi connectivity index (χ0v) is 10.5. The van der Waals surface area contributed by atoms with E-state index >= 15 is 0 Å². The molecule has 1 heterocycles. The fraction of sp³-hybridized carbons (Fsp3) is 0.571. The second-order valence-electron chi connectivity index (χ2n) is 5.04. The molecule has 0 saturated carbocycles. The number of anilines is 1. The highest BCUT2D eigenvalue weighted by Gasteiger charge is 2.15. The molecule has 0 aliphatic carbocycles. The average molecular weight is 236 g/mol. The van der Waals surface area contributed by atoms with E-state index < -0.39 is 0 Å². The Morgan fingerprint density at radius 1 is 1.29 bits per heavy atom. The Morgan fingerprint density at radius 3 is 2.88 bits per heavy atom. The zero-order valence-electron chi connectivity index (χ0n) is 10.5. The van der Waals surface area contributed by atoms with Gasteiger partial charge in [0.1, 0.15) is 5.82 Å². The number of nitrogens with zero attached hydrogens (tertiary/aromatic N) is 1. The van der Waals surface area contributed by atoms with Gasteiger partial charge >= 0.3 is 0 Å². The molecule has 2 nitrogen and oxygen atoms in total. The Bertz CT molecular complexity index is 378. The SMILES string of the molecule is CC1CCCN(c2cc(F)cc(CN)c2)CC1. The summed E-state index contributed by atoms with van der Waals surface area (Å²) in [5.41, 5.74) is 7.44. The molecule has 1 unspecified atom stereocenters. The topological polar surface area (TPSA) is 29.3 Å². The van der Waals surface area contributed by atoms with Crippen molar-refractivity contribution in [3.8, 4) is 0 Å². The highest BCUT2D eigenvalue weighted by Crippen LogP contribution is 2.24. The van der Waals surface area contributed by atoms with Gasteiger partial charge in [-0.25, -0.2) is 4.39 Å². The summed E-state index contributed by atoms with van der Waals surface area (Å²) in [6.07, 6.45) is 3.65. The maximum absolute atomic E-state index is 13.5. The molecule has 0 radical (unpaired) electrons. The van der Waals surface area contributed by atoms with Crippen molar-refractivity contribution in [2.45, 2.75) is 32.7 Å². The van der Waals surface area contributed by atoms with Gasteiger partial charge in [0.15, 0.2) is 0 Å². The lowest BCUT2D eigenvalue weighted by molar-refractivity contribution is 0.521. The Labute approximate surface area is 103 Å². The first-order valence-electron chi connectivity index (χ1n) is 6.43. The Morgan fingerprint density at radius 2 is 2.12 bits per heavy atom. The molecule has 0 aromatic heterocycles. The largest absolute Gasteiger partial charge is 0.371 e. The van der Waals surface area contributed by atoms with Gasteiger partial charge in [-0.15, -0.1) is 0 Å². The van der Waals surface area contributed by atoms with E-state index in [1.807, 2.05) is 6.07 Å². The Hall–Kier alpha value is -1.09. The fourth-order valence-electron chi connectivity index (χ4n) is 2.45. The third-order valence-electron chi connectivity index (χ3n) is 3.56. The van der Waals surface area contributed by atoms with Crippen LogP contribution in [0.4, 0.5) is 10.1 Å². The minimum Gasteiger partial charge on any atom is -0.371 e. The van der Waals surface area contributed by atoms with E-state index in [1.165, 1.54) is 25.3 Å². The predicted molar refractivity (Wildman–Crippen MR) is 69.5 cm³/mol. The third kappa shape index (κ3) is 3.19. The second-order valence-corrected chi connectivity index (χ2v) is 5.04. The summed E-state index contributed by atoms with van der Waals surface area (Å²) in [4.78, 5) is 2.28. The van der Waals surface area contributed by atoms with Gasteiger partial charge in [-0.05, 0) is 48.9 Å². The van der Waals surface area contributed by atoms with Crippen LogP contribution in [0.15, 0.2) is 18.2 Å². The average Bonchev–Trinajstić information content (AvgIpc) is 2.53. The molecule has 1 fully saturated rings. The lowest BCUT2D eigenvalue weighted by atomic mass is 10.0. The molecule has 2 N–H and O–H groups in total. The van der Waals surface area contributed by atoms with E-state index in [1.54, 1.807) is 6.07 Å². The minimum absolute atomic E-state index is 0.180. The van der Waals surface area contributed by atoms with Crippen molar-refractivity contribution in [2.24, 2.45) is 11.7 Å². The molecule has 1 aromatic carbocycles. The number of rotatable bonds is 2. The smallest absolute Gasteiger partial charge is 0.125 e. The number of nitrogens with two attached hydrogens (primary N) is 1. The Balaban J connectivity index is 2.17. The van der Waals surface area contributed by atoms with Crippen LogP contribution in [0.3, 0.4) is 0 Å². The maximum atomic E-state index is 13.5. The molecule has 17 heavy (non-hydrogen) atoms. The van der Waals surface area contributed by atoms with Crippen LogP contribution >= 0.6 is 0 Å². The summed E-state index contributed by atoms with van der Waals surface area (Å²) in [7, 11) is 0. The standard InChI is InChI=1S/C14H21FN2/c1-11-3-2-5-17(6-4-11)14-8-12(10-16)7-13(15)9-14/h7-9,11H,2-6,10,16H2,1H3. The quantitative estimate of drug-likeness (QED) is 0.855. The molecule has 1 aliphatic rings. The molecule has 0 bridgehead atoms. The van der Waals surface area contributed by atoms with Crippen molar-refractivity contribution in [1.82, 2.24) is 0 Å². The van der Waals surface area contributed by atoms with Crippen LogP contribution < -0.4 is 10.6 Å². The lowest BCUT2D eigenvalue weighted by Crippen LogP contribution is -2.24. The van der Waals surface area contributed by atoms with Crippen LogP contribution in [-0.4, -0.2) is 13.1 Å². The van der Waals surface area contributed by atoms with Crippen molar-refractivity contribution >= 4 is 5.69 Å². The first kappa shape index (κ1) is 12.4. The van der Waals surface area contributed by atoms with Crippen LogP contribution in [0.1, 0.15) is 31.7 Å². The third-order valence-corrected chi connectivity index (χ3v) is 3.56. The number of halogens is 1. The molecule has 1 aliphatic heterocycles. The molecular weight excluding hydrogens is 215 g/mol. The van der Waals surface area contributed by atoms with Crippen LogP contribution in [0.25, 0.3) is 0 Å². The van der Waals surface area contributed by atoms with Crippen LogP contribution in [0, 0.1) is 11.7 Å². The summed E-state index contributed by atoms with van der Waals surface area (Å²) in [6, 6.07) is 5.15. The van der Waals surface area contributed by atoms with Gasteiger partial charge < -0.3 is 10.6 Å². The van der Waals surface area contributed by atoms with Gasteiger partial charge in [-0.1, -0.05) is 6.92 Å². The number of hydrogen-bond donors (Lipinski definition) is 1. The van der Waals surface area contributed by atoms with E-state index in [9.17, 15) is 4.39 Å². The van der Waals surface area contributed by atoms with Gasteiger partial charge in [0, 0.05) is 25.3 Å². The van der Waals surface area contributed by atoms with E-state index in [0.717, 1.165) is 30.3 Å². The molecule has 2 rings (SSSR count). The summed E-state index contributed by atoms with van der Waals surface area (Å²) in [5.74, 6) is 0.600. The molecule has 0 amide bonds. The van der Waals surface area contributed by atoms with Gasteiger partial charge in [0.25, 0.3) is 0 Å². The van der Waals surface area contributed by atoms with Crippen molar-refractivity contribution in [3.63, 3.8) is 0 Å². The monoisotopic (exact) mass is 236 g/mol. The summed E-state index contributed by atoms with van der Waals surface area (Å²) in [6.45, 7) is 4.74. The fourth-order valence-corrected chi connectivity index (χ4v) is 2.45. The zero-order chi connectivity index (χ0) is 12.3. The summed E-state index contributed by atoms with van der Waals surface area (Å²) in [5, 5.41) is 0. The van der Waals surface area contributed by atoms with E-state index in [-0.39, 0.29) is 5.82 Å². The highest BCUT2D eigenvalue weighted by atomic mass is 19.1. The van der Waals surface area contributed by atoms with Crippen LogP contribution in [-0.2, 0) is 6.54 Å². The van der Waals surface area contributed by atoms with Crippen LogP contribution in [0.5, 0.6) is 0 Å². The van der Waals surface area contributed by atoms with Crippen molar-refractivity contribution < 1.29 is 4.39 Å². The van der Waals surface area contributed by atoms with Crippen molar-refractivity contribution in [2.75, 3.05) is 18.0 Å². The highest BCUT2D eigenvalue weighted by molar-refractivity contribution is 5.49. The molecule has 1 atom stereocenters. The molecule has 0 spiro atoms. The maximum Gasteiger partial charge on any atom is 0.125 e. The van der Waals surface area contributed by atoms with E-state index in [0.29, 0.717) is 6.54 Å². The van der Waals surface area contributed by atoms with Crippen molar-refractivity contribution in [1.29, 1.82) is 0 Å². The molecule has 1 saturated heterocycles. The van der Waals surface area contributed by atoms with Crippen molar-refractivity contribution in [3.05, 3.63) is 29.6 Å². The Kier molecular flexibility index (Phi) is 4.00. The van der Waals surface area contributed by atoms with Crippen LogP contribution in [0.2, 0.25) is 0 Å². The summed E-state index contributed by atoms with van der Waals surface area (Å²) < 4.78 is 13.5. The second kappa shape index (κ2) is 5.50. The molecular formula is C14H21FN2. The van der Waals surface area contributed by atoms with E-state index in [4.69, 9.17) is 5.73 Å². The van der Waals surface area contributed by atoms with Gasteiger partial charge in [0.2, 0.25) is 0 Å². The van der Waals surface area contributed by atoms with E-state index in [2.05, 4.69) is 11.8 Å². The van der Waals surface area contributed by atoms with Gasteiger partial charge in [0.05, 0.1) is 0 Å². The number of benzene rings is 1. The minimum atomic E-state index is -0.180. The normalized spacial score (nSPS) is 21.4. The molecule has 3 heteroatoms. The number of hydrogen-bond acceptors (Lipinski definition) is 2.